The Morgan fingerprint density at radius 2 is 2.07 bits per heavy atom. The molecule has 0 aliphatic carbocycles. The number of pyridine rings is 1. The van der Waals surface area contributed by atoms with E-state index < -0.39 is 9.84 Å². The van der Waals surface area contributed by atoms with Gasteiger partial charge in [-0.3, -0.25) is 0 Å². The van der Waals surface area contributed by atoms with E-state index in [2.05, 4.69) is 48.8 Å². The van der Waals surface area contributed by atoms with Crippen LogP contribution in [0.15, 0.2) is 30.9 Å². The highest BCUT2D eigenvalue weighted by Gasteiger charge is 2.33. The molecule has 0 unspecified atom stereocenters. The molecule has 8 nitrogen and oxygen atoms in total. The quantitative estimate of drug-likeness (QED) is 0.687. The number of nitrogens with zero attached hydrogens (tertiary/aromatic N) is 5. The molecule has 30 heavy (non-hydrogen) atoms. The summed E-state index contributed by atoms with van der Waals surface area (Å²) in [7, 11) is -3.07. The van der Waals surface area contributed by atoms with Crippen LogP contribution in [0.2, 0.25) is 0 Å². The molecule has 1 fully saturated rings. The molecule has 5 heterocycles. The minimum Gasteiger partial charge on any atom is -0.363 e. The summed E-state index contributed by atoms with van der Waals surface area (Å²) in [5.41, 5.74) is 4.18. The standard InChI is InChI=1S/C21H26N6O2S/c1-14-10-18-17(12-27(14)19-6-8-23-20-16(19)5-7-22-20)21(25-13-24-18)26-9-3-4-15(11-26)30(2,28)29/h5-8,13-15H,3-4,9-12H2,1-2H3,(H,22,23)/t14-,15-/m1/s1. The third-order valence-corrected chi connectivity index (χ3v) is 7.99. The van der Waals surface area contributed by atoms with Crippen molar-refractivity contribution in [3.05, 3.63) is 42.1 Å². The summed E-state index contributed by atoms with van der Waals surface area (Å²) in [6.07, 6.45) is 9.10. The first-order valence-corrected chi connectivity index (χ1v) is 12.3. The van der Waals surface area contributed by atoms with E-state index in [0.717, 1.165) is 53.2 Å². The number of sulfone groups is 1. The van der Waals surface area contributed by atoms with Gasteiger partial charge >= 0.3 is 0 Å². The maximum absolute atomic E-state index is 12.2. The van der Waals surface area contributed by atoms with Crippen molar-refractivity contribution in [3.63, 3.8) is 0 Å². The first-order valence-electron chi connectivity index (χ1n) is 10.4. The number of hydrogen-bond donors (Lipinski definition) is 1. The van der Waals surface area contributed by atoms with E-state index in [1.165, 1.54) is 6.26 Å². The monoisotopic (exact) mass is 426 g/mol. The Kier molecular flexibility index (Phi) is 4.65. The maximum Gasteiger partial charge on any atom is 0.152 e. The summed E-state index contributed by atoms with van der Waals surface area (Å²) in [6, 6.07) is 4.40. The van der Waals surface area contributed by atoms with E-state index in [0.29, 0.717) is 19.5 Å². The first-order chi connectivity index (χ1) is 14.4. The number of nitrogens with one attached hydrogen (secondary N) is 1. The fourth-order valence-corrected chi connectivity index (χ4v) is 5.81. The van der Waals surface area contributed by atoms with Crippen molar-refractivity contribution in [2.24, 2.45) is 0 Å². The van der Waals surface area contributed by atoms with Gasteiger partial charge in [0.15, 0.2) is 9.84 Å². The van der Waals surface area contributed by atoms with Gasteiger partial charge in [-0.2, -0.15) is 0 Å². The molecule has 158 valence electrons. The fraction of sp³-hybridized carbons (Fsp3) is 0.476. The zero-order chi connectivity index (χ0) is 20.9. The summed E-state index contributed by atoms with van der Waals surface area (Å²) in [4.78, 5) is 21.3. The molecular weight excluding hydrogens is 400 g/mol. The van der Waals surface area contributed by atoms with Gasteiger partial charge in [0.2, 0.25) is 0 Å². The molecule has 0 spiro atoms. The van der Waals surface area contributed by atoms with Gasteiger partial charge in [0, 0.05) is 67.4 Å². The lowest BCUT2D eigenvalue weighted by atomic mass is 9.98. The van der Waals surface area contributed by atoms with Gasteiger partial charge in [0.1, 0.15) is 17.8 Å². The van der Waals surface area contributed by atoms with Crippen molar-refractivity contribution in [2.45, 2.75) is 44.0 Å². The molecule has 0 saturated carbocycles. The Morgan fingerprint density at radius 1 is 1.20 bits per heavy atom. The van der Waals surface area contributed by atoms with Gasteiger partial charge in [-0.05, 0) is 31.9 Å². The van der Waals surface area contributed by atoms with Gasteiger partial charge in [-0.1, -0.05) is 0 Å². The first kappa shape index (κ1) is 19.3. The van der Waals surface area contributed by atoms with Crippen LogP contribution >= 0.6 is 0 Å². The SMILES string of the molecule is C[C@@H]1Cc2ncnc(N3CCC[C@@H](S(C)(=O)=O)C3)c2CN1c1ccnc2[nH]ccc12. The predicted octanol–water partition coefficient (Wildman–Crippen LogP) is 2.32. The second-order valence-corrected chi connectivity index (χ2v) is 10.7. The number of aromatic nitrogens is 4. The lowest BCUT2D eigenvalue weighted by molar-refractivity contribution is 0.528. The van der Waals surface area contributed by atoms with E-state index in [1.807, 2.05) is 12.4 Å². The maximum atomic E-state index is 12.2. The predicted molar refractivity (Wildman–Crippen MR) is 118 cm³/mol. The molecule has 3 aromatic heterocycles. The van der Waals surface area contributed by atoms with Crippen LogP contribution in [0.1, 0.15) is 31.0 Å². The summed E-state index contributed by atoms with van der Waals surface area (Å²) >= 11 is 0. The smallest absolute Gasteiger partial charge is 0.152 e. The Morgan fingerprint density at radius 3 is 2.90 bits per heavy atom. The highest BCUT2D eigenvalue weighted by atomic mass is 32.2. The molecule has 0 radical (unpaired) electrons. The Balaban J connectivity index is 1.52. The zero-order valence-corrected chi connectivity index (χ0v) is 18.1. The third-order valence-electron chi connectivity index (χ3n) is 6.39. The van der Waals surface area contributed by atoms with Crippen LogP contribution in [0.4, 0.5) is 11.5 Å². The lowest BCUT2D eigenvalue weighted by Gasteiger charge is -2.39. The largest absolute Gasteiger partial charge is 0.363 e. The van der Waals surface area contributed by atoms with Crippen molar-refractivity contribution < 1.29 is 8.42 Å². The molecule has 9 heteroatoms. The number of anilines is 2. The van der Waals surface area contributed by atoms with E-state index >= 15 is 0 Å². The average molecular weight is 427 g/mol. The van der Waals surface area contributed by atoms with Crippen LogP contribution in [0.25, 0.3) is 11.0 Å². The topological polar surface area (TPSA) is 95.1 Å². The van der Waals surface area contributed by atoms with Crippen LogP contribution in [0, 0.1) is 0 Å². The normalized spacial score (nSPS) is 22.3. The number of piperidine rings is 1. The Hall–Kier alpha value is -2.68. The van der Waals surface area contributed by atoms with Gasteiger partial charge in [-0.25, -0.2) is 23.4 Å². The van der Waals surface area contributed by atoms with Crippen molar-refractivity contribution in [3.8, 4) is 0 Å². The number of fused-ring (bicyclic) bond motifs is 2. The van der Waals surface area contributed by atoms with Gasteiger partial charge < -0.3 is 14.8 Å². The second kappa shape index (κ2) is 7.23. The Labute approximate surface area is 176 Å². The van der Waals surface area contributed by atoms with Crippen LogP contribution in [-0.2, 0) is 22.8 Å². The highest BCUT2D eigenvalue weighted by Crippen LogP contribution is 2.35. The third kappa shape index (κ3) is 3.30. The second-order valence-electron chi connectivity index (χ2n) is 8.41. The van der Waals surface area contributed by atoms with Crippen LogP contribution in [0.3, 0.4) is 0 Å². The van der Waals surface area contributed by atoms with Crippen LogP contribution in [-0.4, -0.2) is 59.0 Å². The molecule has 0 amide bonds. The summed E-state index contributed by atoms with van der Waals surface area (Å²) in [5, 5.41) is 0.761. The van der Waals surface area contributed by atoms with Crippen LogP contribution < -0.4 is 9.80 Å². The van der Waals surface area contributed by atoms with E-state index in [4.69, 9.17) is 0 Å². The van der Waals surface area contributed by atoms with E-state index in [-0.39, 0.29) is 11.3 Å². The number of hydrogen-bond acceptors (Lipinski definition) is 7. The molecule has 3 aromatic rings. The van der Waals surface area contributed by atoms with E-state index in [9.17, 15) is 8.42 Å². The molecule has 5 rings (SSSR count). The summed E-state index contributed by atoms with van der Waals surface area (Å²) < 4.78 is 24.3. The number of rotatable bonds is 3. The van der Waals surface area contributed by atoms with Crippen molar-refractivity contribution in [1.29, 1.82) is 0 Å². The van der Waals surface area contributed by atoms with E-state index in [1.54, 1.807) is 6.33 Å². The summed E-state index contributed by atoms with van der Waals surface area (Å²) in [5.74, 6) is 0.879. The molecule has 0 bridgehead atoms. The number of H-pyrrole nitrogens is 1. The zero-order valence-electron chi connectivity index (χ0n) is 17.2. The number of aromatic amines is 1. The van der Waals surface area contributed by atoms with Gasteiger partial charge in [-0.15, -0.1) is 0 Å². The molecule has 0 aromatic carbocycles. The van der Waals surface area contributed by atoms with Gasteiger partial charge in [0.05, 0.1) is 10.9 Å². The average Bonchev–Trinajstić information content (AvgIpc) is 3.21. The molecule has 1 N–H and O–H groups in total. The molecule has 1 saturated heterocycles. The van der Waals surface area contributed by atoms with Crippen molar-refractivity contribution in [1.82, 2.24) is 19.9 Å². The van der Waals surface area contributed by atoms with Gasteiger partial charge in [0.25, 0.3) is 0 Å². The van der Waals surface area contributed by atoms with Crippen molar-refractivity contribution in [2.75, 3.05) is 29.1 Å². The minimum absolute atomic E-state index is 0.283. The fourth-order valence-electron chi connectivity index (χ4n) is 4.76. The lowest BCUT2D eigenvalue weighted by Crippen LogP contribution is -2.44. The molecule has 2 aliphatic heterocycles. The highest BCUT2D eigenvalue weighted by molar-refractivity contribution is 7.91. The Bertz CT molecular complexity index is 1190. The molecular formula is C21H26N6O2S. The van der Waals surface area contributed by atoms with Crippen LogP contribution in [0.5, 0.6) is 0 Å². The van der Waals surface area contributed by atoms with Crippen molar-refractivity contribution >= 4 is 32.4 Å². The minimum atomic E-state index is -3.07. The molecule has 2 aliphatic rings. The summed E-state index contributed by atoms with van der Waals surface area (Å²) in [6.45, 7) is 4.22. The molecule has 2 atom stereocenters.